The molecule has 0 spiro atoms. The van der Waals surface area contributed by atoms with Crippen LogP contribution in [0.25, 0.3) is 11.1 Å². The van der Waals surface area contributed by atoms with E-state index >= 15 is 0 Å². The molecule has 1 unspecified atom stereocenters. The number of amidine groups is 1. The summed E-state index contributed by atoms with van der Waals surface area (Å²) in [5, 5.41) is 11.2. The molecule has 6 nitrogen and oxygen atoms in total. The van der Waals surface area contributed by atoms with Gasteiger partial charge in [-0.2, -0.15) is 0 Å². The van der Waals surface area contributed by atoms with Crippen molar-refractivity contribution < 1.29 is 14.3 Å². The third kappa shape index (κ3) is 3.65. The first-order valence-corrected chi connectivity index (χ1v) is 11.0. The van der Waals surface area contributed by atoms with E-state index in [2.05, 4.69) is 4.98 Å². The number of fused-ring (bicyclic) bond motifs is 3. The van der Waals surface area contributed by atoms with Gasteiger partial charge in [-0.25, -0.2) is 9.98 Å². The molecular weight excluding hydrogens is 390 g/mol. The van der Waals surface area contributed by atoms with Gasteiger partial charge in [-0.05, 0) is 49.2 Å². The Morgan fingerprint density at radius 1 is 1.03 bits per heavy atom. The van der Waals surface area contributed by atoms with Gasteiger partial charge in [-0.15, -0.1) is 0 Å². The molecule has 1 aromatic heterocycles. The van der Waals surface area contributed by atoms with E-state index < -0.39 is 5.60 Å². The maximum absolute atomic E-state index is 13.1. The number of benzene rings is 2. The second kappa shape index (κ2) is 8.63. The summed E-state index contributed by atoms with van der Waals surface area (Å²) in [4.78, 5) is 24.0. The van der Waals surface area contributed by atoms with E-state index in [-0.39, 0.29) is 5.78 Å². The smallest absolute Gasteiger partial charge is 0.204 e. The molecule has 1 fully saturated rings. The van der Waals surface area contributed by atoms with Crippen LogP contribution in [-0.4, -0.2) is 33.9 Å². The number of ketones is 1. The van der Waals surface area contributed by atoms with Crippen molar-refractivity contribution >= 4 is 34.1 Å². The minimum atomic E-state index is -1.58. The predicted molar refractivity (Wildman–Crippen MR) is 126 cm³/mol. The highest BCUT2D eigenvalue weighted by molar-refractivity contribution is 6.28. The highest BCUT2D eigenvalue weighted by Crippen LogP contribution is 2.40. The molecule has 2 aliphatic rings. The number of aromatic nitrogens is 1. The zero-order valence-corrected chi connectivity index (χ0v) is 19.4. The maximum atomic E-state index is 13.1. The minimum Gasteiger partial charge on any atom is -0.441 e. The Morgan fingerprint density at radius 2 is 1.71 bits per heavy atom. The molecule has 164 valence electrons. The number of rotatable bonds is 1. The van der Waals surface area contributed by atoms with Gasteiger partial charge in [0.05, 0.1) is 5.69 Å². The zero-order valence-electron chi connectivity index (χ0n) is 19.4. The van der Waals surface area contributed by atoms with Gasteiger partial charge in [-0.1, -0.05) is 27.7 Å². The van der Waals surface area contributed by atoms with Crippen molar-refractivity contribution in [3.63, 3.8) is 0 Å². The SMILES string of the molecule is CC.CC.Cc1nc2ccc(N3CCC4(O)C(=O)c5cc(C)c(C)cc5N=C34)cc2o1. The molecule has 5 rings (SSSR count). The first-order chi connectivity index (χ1) is 14.9. The van der Waals surface area contributed by atoms with Crippen LogP contribution in [0, 0.1) is 20.8 Å². The summed E-state index contributed by atoms with van der Waals surface area (Å²) >= 11 is 0. The van der Waals surface area contributed by atoms with E-state index in [1.807, 2.05) is 76.8 Å². The topological polar surface area (TPSA) is 78.9 Å². The number of nitrogens with zero attached hydrogens (tertiary/aromatic N) is 3. The molecule has 0 amide bonds. The van der Waals surface area contributed by atoms with E-state index in [1.54, 1.807) is 6.92 Å². The number of Topliss-reactive ketones (excluding diaryl/α,β-unsaturated/α-hetero) is 1. The Balaban J connectivity index is 0.000000645. The molecule has 0 aliphatic carbocycles. The van der Waals surface area contributed by atoms with E-state index in [9.17, 15) is 9.90 Å². The fourth-order valence-electron chi connectivity index (χ4n) is 3.94. The highest BCUT2D eigenvalue weighted by Gasteiger charge is 2.52. The van der Waals surface area contributed by atoms with E-state index in [0.29, 0.717) is 41.5 Å². The van der Waals surface area contributed by atoms with Crippen molar-refractivity contribution in [2.24, 2.45) is 4.99 Å². The Kier molecular flexibility index (Phi) is 6.32. The molecule has 2 aliphatic heterocycles. The van der Waals surface area contributed by atoms with Crippen molar-refractivity contribution in [2.45, 2.75) is 60.5 Å². The molecule has 3 heterocycles. The second-order valence-corrected chi connectivity index (χ2v) is 7.36. The fraction of sp³-hybridized carbons (Fsp3) is 0.400. The van der Waals surface area contributed by atoms with Gasteiger partial charge < -0.3 is 14.4 Å². The van der Waals surface area contributed by atoms with Crippen LogP contribution in [-0.2, 0) is 0 Å². The standard InChI is InChI=1S/C21H19N3O3.2C2H6/c1-11-8-15-17(9-12(11)2)23-20-21(26,19(15)25)6-7-24(20)14-4-5-16-18(10-14)27-13(3)22-16;2*1-2/h4-5,8-10,26H,6-7H2,1-3H3;2*1-2H3. The fourth-order valence-corrected chi connectivity index (χ4v) is 3.94. The van der Waals surface area contributed by atoms with E-state index in [4.69, 9.17) is 9.41 Å². The number of aliphatic hydroxyl groups is 1. The summed E-state index contributed by atoms with van der Waals surface area (Å²) in [5.41, 5.74) is 3.90. The van der Waals surface area contributed by atoms with E-state index in [1.165, 1.54) is 0 Å². The van der Waals surface area contributed by atoms with Crippen LogP contribution in [0.3, 0.4) is 0 Å². The predicted octanol–water partition coefficient (Wildman–Crippen LogP) is 5.67. The first kappa shape index (κ1) is 22.7. The lowest BCUT2D eigenvalue weighted by Crippen LogP contribution is -2.48. The number of carbonyl (C=O) groups excluding carboxylic acids is 1. The molecule has 2 aromatic carbocycles. The lowest BCUT2D eigenvalue weighted by molar-refractivity contribution is 0.0602. The number of aryl methyl sites for hydroxylation is 3. The summed E-state index contributed by atoms with van der Waals surface area (Å²) in [6.45, 7) is 14.3. The number of hydrogen-bond donors (Lipinski definition) is 1. The molecular formula is C25H31N3O3. The van der Waals surface area contributed by atoms with Crippen molar-refractivity contribution in [1.82, 2.24) is 4.98 Å². The quantitative estimate of drug-likeness (QED) is 0.547. The van der Waals surface area contributed by atoms with Gasteiger partial charge in [0, 0.05) is 37.2 Å². The molecule has 1 N–H and O–H groups in total. The number of anilines is 1. The average molecular weight is 422 g/mol. The van der Waals surface area contributed by atoms with Gasteiger partial charge in [0.25, 0.3) is 0 Å². The Labute approximate surface area is 183 Å². The minimum absolute atomic E-state index is 0.273. The summed E-state index contributed by atoms with van der Waals surface area (Å²) in [7, 11) is 0. The molecule has 6 heteroatoms. The summed E-state index contributed by atoms with van der Waals surface area (Å²) in [6, 6.07) is 9.42. The third-order valence-corrected chi connectivity index (χ3v) is 5.57. The van der Waals surface area contributed by atoms with Crippen LogP contribution in [0.1, 0.15) is 61.5 Å². The van der Waals surface area contributed by atoms with Gasteiger partial charge in [-0.3, -0.25) is 4.79 Å². The monoisotopic (exact) mass is 421 g/mol. The normalized spacial score (nSPS) is 19.0. The third-order valence-electron chi connectivity index (χ3n) is 5.57. The molecule has 1 saturated heterocycles. The lowest BCUT2D eigenvalue weighted by Gasteiger charge is -2.30. The van der Waals surface area contributed by atoms with E-state index in [0.717, 1.165) is 22.3 Å². The van der Waals surface area contributed by atoms with Crippen molar-refractivity contribution in [1.29, 1.82) is 0 Å². The lowest BCUT2D eigenvalue weighted by atomic mass is 9.86. The number of aliphatic imine (C=N–C) groups is 1. The summed E-state index contributed by atoms with van der Waals surface area (Å²) in [5.74, 6) is 0.716. The van der Waals surface area contributed by atoms with Crippen LogP contribution in [0.15, 0.2) is 39.7 Å². The Morgan fingerprint density at radius 3 is 2.42 bits per heavy atom. The van der Waals surface area contributed by atoms with Crippen LogP contribution < -0.4 is 4.90 Å². The largest absolute Gasteiger partial charge is 0.441 e. The number of hydrogen-bond acceptors (Lipinski definition) is 6. The molecule has 0 saturated carbocycles. The van der Waals surface area contributed by atoms with Gasteiger partial charge in [0.15, 0.2) is 17.1 Å². The van der Waals surface area contributed by atoms with Gasteiger partial charge in [0.1, 0.15) is 11.4 Å². The second-order valence-electron chi connectivity index (χ2n) is 7.36. The molecule has 31 heavy (non-hydrogen) atoms. The van der Waals surface area contributed by atoms with Crippen LogP contribution in [0.4, 0.5) is 11.4 Å². The summed E-state index contributed by atoms with van der Waals surface area (Å²) in [6.07, 6.45) is 0.310. The average Bonchev–Trinajstić information content (AvgIpc) is 3.32. The maximum Gasteiger partial charge on any atom is 0.204 e. The molecule has 0 radical (unpaired) electrons. The van der Waals surface area contributed by atoms with Gasteiger partial charge >= 0.3 is 0 Å². The van der Waals surface area contributed by atoms with Crippen LogP contribution >= 0.6 is 0 Å². The van der Waals surface area contributed by atoms with Crippen molar-refractivity contribution in [3.8, 4) is 0 Å². The molecule has 0 bridgehead atoms. The number of carbonyl (C=O) groups is 1. The van der Waals surface area contributed by atoms with Crippen molar-refractivity contribution in [2.75, 3.05) is 11.4 Å². The molecule has 3 aromatic rings. The first-order valence-electron chi connectivity index (χ1n) is 11.0. The van der Waals surface area contributed by atoms with Crippen molar-refractivity contribution in [3.05, 3.63) is 52.9 Å². The van der Waals surface area contributed by atoms with Crippen LogP contribution in [0.5, 0.6) is 0 Å². The Bertz CT molecular complexity index is 1160. The highest BCUT2D eigenvalue weighted by atomic mass is 16.3. The number of oxazole rings is 1. The zero-order chi connectivity index (χ0) is 22.9. The van der Waals surface area contributed by atoms with Crippen LogP contribution in [0.2, 0.25) is 0 Å². The Hall–Kier alpha value is -2.99. The van der Waals surface area contributed by atoms with Gasteiger partial charge in [0.2, 0.25) is 5.78 Å². The summed E-state index contributed by atoms with van der Waals surface area (Å²) < 4.78 is 5.63. The molecule has 1 atom stereocenters.